The molecule has 0 unspecified atom stereocenters. The van der Waals surface area contributed by atoms with Gasteiger partial charge in [-0.3, -0.25) is 0 Å². The molecule has 13 heteroatoms. The number of pyridine rings is 1. The number of fused-ring (bicyclic) bond motifs is 1. The summed E-state index contributed by atoms with van der Waals surface area (Å²) in [4.78, 5) is 3.56. The Morgan fingerprint density at radius 1 is 1.03 bits per heavy atom. The summed E-state index contributed by atoms with van der Waals surface area (Å²) in [7, 11) is 0. The third-order valence-electron chi connectivity index (χ3n) is 4.06. The Morgan fingerprint density at radius 3 is 2.41 bits per heavy atom. The summed E-state index contributed by atoms with van der Waals surface area (Å²) in [6.07, 6.45) is -8.22. The molecule has 0 amide bonds. The maximum Gasteiger partial charge on any atom is 0.453 e. The van der Waals surface area contributed by atoms with Crippen LogP contribution in [-0.4, -0.2) is 37.9 Å². The highest BCUT2D eigenvalue weighted by Crippen LogP contribution is 2.34. The van der Waals surface area contributed by atoms with Crippen molar-refractivity contribution in [1.29, 1.82) is 0 Å². The number of aryl methyl sites for hydroxylation is 1. The van der Waals surface area contributed by atoms with Crippen molar-refractivity contribution in [3.63, 3.8) is 0 Å². The minimum atomic E-state index is -4.75. The van der Waals surface area contributed by atoms with Crippen molar-refractivity contribution in [1.82, 2.24) is 24.8 Å². The number of nitrogens with one attached hydrogen (secondary N) is 1. The number of aromatic nitrogens is 5. The van der Waals surface area contributed by atoms with Crippen molar-refractivity contribution < 1.29 is 31.1 Å². The molecule has 3 rings (SSSR count). The van der Waals surface area contributed by atoms with Gasteiger partial charge in [-0.15, -0.1) is 15.3 Å². The number of halogens is 6. The normalized spacial score (nSPS) is 12.4. The molecule has 0 saturated heterocycles. The zero-order valence-corrected chi connectivity index (χ0v) is 15.1. The van der Waals surface area contributed by atoms with Gasteiger partial charge in [0, 0.05) is 11.8 Å². The van der Waals surface area contributed by atoms with Crippen LogP contribution in [0, 0.1) is 13.8 Å². The fraction of sp³-hybridized carbons (Fsp3) is 0.375. The average molecular weight is 420 g/mol. The van der Waals surface area contributed by atoms with Crippen LogP contribution in [0.5, 0.6) is 5.88 Å². The zero-order chi connectivity index (χ0) is 21.4. The molecule has 0 saturated carbocycles. The molecule has 0 bridgehead atoms. The molecule has 1 N–H and O–H groups in total. The third-order valence-corrected chi connectivity index (χ3v) is 4.06. The van der Waals surface area contributed by atoms with Gasteiger partial charge in [0.1, 0.15) is 12.2 Å². The molecule has 3 aromatic heterocycles. The molecular weight excluding hydrogens is 406 g/mol. The molecule has 3 aromatic rings. The quantitative estimate of drug-likeness (QED) is 0.502. The summed E-state index contributed by atoms with van der Waals surface area (Å²) in [6, 6.07) is 1.97. The first-order valence-electron chi connectivity index (χ1n) is 8.19. The van der Waals surface area contributed by atoms with Crippen molar-refractivity contribution >= 4 is 11.5 Å². The fourth-order valence-electron chi connectivity index (χ4n) is 2.51. The Balaban J connectivity index is 1.76. The largest absolute Gasteiger partial charge is 0.475 e. The van der Waals surface area contributed by atoms with E-state index in [-0.39, 0.29) is 24.6 Å². The van der Waals surface area contributed by atoms with Gasteiger partial charge in [0.25, 0.3) is 5.82 Å². The number of rotatable bonds is 5. The second kappa shape index (κ2) is 7.37. The maximum absolute atomic E-state index is 13.0. The Bertz CT molecular complexity index is 1030. The van der Waals surface area contributed by atoms with Crippen molar-refractivity contribution in [3.8, 4) is 5.88 Å². The van der Waals surface area contributed by atoms with Crippen LogP contribution >= 0.6 is 0 Å². The van der Waals surface area contributed by atoms with Gasteiger partial charge in [0.05, 0.1) is 6.54 Å². The lowest BCUT2D eigenvalue weighted by Gasteiger charge is -2.14. The van der Waals surface area contributed by atoms with E-state index < -0.39 is 29.6 Å². The molecule has 0 atom stereocenters. The van der Waals surface area contributed by atoms with E-state index in [2.05, 4.69) is 25.6 Å². The Hall–Kier alpha value is -3.12. The van der Waals surface area contributed by atoms with Crippen LogP contribution in [0.15, 0.2) is 18.3 Å². The number of ether oxygens (including phenoxy) is 1. The summed E-state index contributed by atoms with van der Waals surface area (Å²) in [5.74, 6) is -1.77. The van der Waals surface area contributed by atoms with Crippen LogP contribution < -0.4 is 10.1 Å². The van der Waals surface area contributed by atoms with Crippen molar-refractivity contribution in [2.45, 2.75) is 26.2 Å². The molecule has 0 radical (unpaired) electrons. The summed E-state index contributed by atoms with van der Waals surface area (Å²) in [5.41, 5.74) is -0.117. The summed E-state index contributed by atoms with van der Waals surface area (Å²) in [6.45, 7) is 2.92. The zero-order valence-electron chi connectivity index (χ0n) is 15.1. The van der Waals surface area contributed by atoms with Crippen LogP contribution in [0.3, 0.4) is 0 Å². The van der Waals surface area contributed by atoms with Gasteiger partial charge in [-0.2, -0.15) is 30.9 Å². The fourth-order valence-corrected chi connectivity index (χ4v) is 2.51. The maximum atomic E-state index is 13.0. The summed E-state index contributed by atoms with van der Waals surface area (Å²) >= 11 is 0. The highest BCUT2D eigenvalue weighted by atomic mass is 19.4. The number of alkyl halides is 6. The molecule has 0 aliphatic carbocycles. The Morgan fingerprint density at radius 2 is 1.76 bits per heavy atom. The number of hydrogen-bond acceptors (Lipinski definition) is 6. The van der Waals surface area contributed by atoms with E-state index >= 15 is 0 Å². The van der Waals surface area contributed by atoms with Gasteiger partial charge >= 0.3 is 12.4 Å². The first-order valence-corrected chi connectivity index (χ1v) is 8.19. The average Bonchev–Trinajstić information content (AvgIpc) is 3.06. The second-order valence-corrected chi connectivity index (χ2v) is 5.98. The monoisotopic (exact) mass is 420 g/mol. The van der Waals surface area contributed by atoms with Crippen LogP contribution in [-0.2, 0) is 12.4 Å². The lowest BCUT2D eigenvalue weighted by Crippen LogP contribution is -2.18. The third kappa shape index (κ3) is 4.17. The topological polar surface area (TPSA) is 77.2 Å². The smallest absolute Gasteiger partial charge is 0.453 e. The molecule has 0 spiro atoms. The first-order chi connectivity index (χ1) is 13.5. The van der Waals surface area contributed by atoms with Gasteiger partial charge in [-0.1, -0.05) is 0 Å². The molecular formula is C16H14F6N6O. The van der Waals surface area contributed by atoms with Crippen LogP contribution in [0.4, 0.5) is 32.2 Å². The number of nitrogens with zero attached hydrogens (tertiary/aromatic N) is 5. The van der Waals surface area contributed by atoms with Gasteiger partial charge in [0.2, 0.25) is 5.88 Å². The first kappa shape index (κ1) is 20.6. The van der Waals surface area contributed by atoms with Gasteiger partial charge in [0.15, 0.2) is 11.5 Å². The number of anilines is 1. The van der Waals surface area contributed by atoms with Crippen molar-refractivity contribution in [2.75, 3.05) is 18.5 Å². The predicted octanol–water partition coefficient (Wildman–Crippen LogP) is 3.66. The lowest BCUT2D eigenvalue weighted by atomic mass is 10.2. The molecule has 29 heavy (non-hydrogen) atoms. The van der Waals surface area contributed by atoms with Gasteiger partial charge < -0.3 is 10.1 Å². The van der Waals surface area contributed by atoms with E-state index in [1.807, 2.05) is 0 Å². The highest BCUT2D eigenvalue weighted by Gasteiger charge is 2.38. The second-order valence-electron chi connectivity index (χ2n) is 5.98. The van der Waals surface area contributed by atoms with E-state index in [9.17, 15) is 26.3 Å². The highest BCUT2D eigenvalue weighted by molar-refractivity contribution is 5.58. The van der Waals surface area contributed by atoms with Gasteiger partial charge in [-0.25, -0.2) is 4.98 Å². The van der Waals surface area contributed by atoms with Crippen LogP contribution in [0.2, 0.25) is 0 Å². The Labute approximate surface area is 159 Å². The molecule has 0 aliphatic rings. The summed E-state index contributed by atoms with van der Waals surface area (Å²) in [5, 5.41) is 13.3. The SMILES string of the molecule is Cc1c(NCCOc2ncccc2C(F)(F)F)nn2c(C(F)(F)F)nnc2c1C. The molecule has 0 fully saturated rings. The predicted molar refractivity (Wildman–Crippen MR) is 88.5 cm³/mol. The molecule has 0 aromatic carbocycles. The minimum absolute atomic E-state index is 0.0316. The van der Waals surface area contributed by atoms with Crippen molar-refractivity contribution in [3.05, 3.63) is 40.8 Å². The molecule has 0 aliphatic heterocycles. The minimum Gasteiger partial charge on any atom is -0.475 e. The van der Waals surface area contributed by atoms with E-state index in [4.69, 9.17) is 4.74 Å². The van der Waals surface area contributed by atoms with E-state index in [0.29, 0.717) is 15.6 Å². The number of hydrogen-bond donors (Lipinski definition) is 1. The van der Waals surface area contributed by atoms with Gasteiger partial charge in [-0.05, 0) is 31.5 Å². The van der Waals surface area contributed by atoms with Crippen molar-refractivity contribution in [2.24, 2.45) is 0 Å². The summed E-state index contributed by atoms with van der Waals surface area (Å²) < 4.78 is 83.5. The van der Waals surface area contributed by atoms with E-state index in [1.54, 1.807) is 13.8 Å². The molecule has 7 nitrogen and oxygen atoms in total. The lowest BCUT2D eigenvalue weighted by molar-refractivity contribution is -0.146. The molecule has 156 valence electrons. The Kier molecular flexibility index (Phi) is 5.24. The van der Waals surface area contributed by atoms with Crippen LogP contribution in [0.25, 0.3) is 5.65 Å². The van der Waals surface area contributed by atoms with Crippen LogP contribution in [0.1, 0.15) is 22.5 Å². The standard InChI is InChI=1S/C16H14F6N6O/c1-8-9(2)12-25-26-14(16(20,21)22)28(12)27-11(8)23-6-7-29-13-10(15(17,18)19)4-3-5-24-13/h3-5H,6-7H2,1-2H3,(H,23,27). The van der Waals surface area contributed by atoms with E-state index in [1.165, 1.54) is 0 Å². The molecule has 3 heterocycles. The van der Waals surface area contributed by atoms with E-state index in [0.717, 1.165) is 18.3 Å².